The molecule has 2 saturated heterocycles. The summed E-state index contributed by atoms with van der Waals surface area (Å²) in [6, 6.07) is 26.8. The quantitative estimate of drug-likeness (QED) is 0.195. The number of fused-ring (bicyclic) bond motifs is 1. The van der Waals surface area contributed by atoms with Crippen LogP contribution < -0.4 is 27.0 Å². The maximum atomic E-state index is 14.5. The first-order chi connectivity index (χ1) is 22.9. The topological polar surface area (TPSA) is 146 Å². The minimum absolute atomic E-state index is 0.113. The number of carbonyl (C=O) groups is 4. The lowest BCUT2D eigenvalue weighted by Gasteiger charge is -2.33. The maximum Gasteiger partial charge on any atom is 0.246 e. The summed E-state index contributed by atoms with van der Waals surface area (Å²) in [6.45, 7) is 0.219. The van der Waals surface area contributed by atoms with Crippen LogP contribution in [0.25, 0.3) is 0 Å². The van der Waals surface area contributed by atoms with Gasteiger partial charge in [-0.1, -0.05) is 91.0 Å². The highest BCUT2D eigenvalue weighted by Crippen LogP contribution is 2.35. The summed E-state index contributed by atoms with van der Waals surface area (Å²) in [4.78, 5) is 56.0. The van der Waals surface area contributed by atoms with E-state index in [1.165, 1.54) is 0 Å². The number of nitrogens with zero attached hydrogens (tertiary/aromatic N) is 1. The zero-order valence-corrected chi connectivity index (χ0v) is 26.9. The van der Waals surface area contributed by atoms with Crippen molar-refractivity contribution in [1.29, 1.82) is 0 Å². The lowest BCUT2D eigenvalue weighted by molar-refractivity contribution is -0.143. The van der Waals surface area contributed by atoms with Gasteiger partial charge in [-0.25, -0.2) is 0 Å². The Morgan fingerprint density at radius 2 is 1.45 bits per heavy atom. The van der Waals surface area contributed by atoms with Gasteiger partial charge in [0.25, 0.3) is 0 Å². The summed E-state index contributed by atoms with van der Waals surface area (Å²) >= 11 is 0. The third-order valence-corrected chi connectivity index (χ3v) is 9.49. The molecule has 0 saturated carbocycles. The van der Waals surface area contributed by atoms with Crippen LogP contribution in [-0.4, -0.2) is 72.8 Å². The Bertz CT molecular complexity index is 1450. The van der Waals surface area contributed by atoms with Crippen LogP contribution in [0.1, 0.15) is 54.8 Å². The fraction of sp³-hybridized carbons (Fsp3) is 0.405. The van der Waals surface area contributed by atoms with Gasteiger partial charge in [0.1, 0.15) is 12.1 Å². The Morgan fingerprint density at radius 3 is 2.04 bits per heavy atom. The predicted molar refractivity (Wildman–Crippen MR) is 181 cm³/mol. The van der Waals surface area contributed by atoms with Crippen molar-refractivity contribution in [2.45, 2.75) is 68.7 Å². The van der Waals surface area contributed by atoms with Gasteiger partial charge < -0.3 is 31.9 Å². The molecule has 2 aliphatic heterocycles. The van der Waals surface area contributed by atoms with Crippen LogP contribution in [0.4, 0.5) is 0 Å². The van der Waals surface area contributed by atoms with Crippen LogP contribution in [-0.2, 0) is 25.6 Å². The molecule has 2 fully saturated rings. The molecule has 3 aromatic rings. The van der Waals surface area contributed by atoms with Crippen molar-refractivity contribution in [1.82, 2.24) is 26.2 Å². The predicted octanol–water partition coefficient (Wildman–Crippen LogP) is 2.44. The molecule has 47 heavy (non-hydrogen) atoms. The third-order valence-electron chi connectivity index (χ3n) is 9.49. The van der Waals surface area contributed by atoms with E-state index >= 15 is 0 Å². The summed E-state index contributed by atoms with van der Waals surface area (Å²) in [7, 11) is 1.73. The van der Waals surface area contributed by atoms with Gasteiger partial charge in [0.05, 0.1) is 18.6 Å². The van der Waals surface area contributed by atoms with Gasteiger partial charge in [-0.3, -0.25) is 19.2 Å². The van der Waals surface area contributed by atoms with Gasteiger partial charge in [0.2, 0.25) is 23.6 Å². The summed E-state index contributed by atoms with van der Waals surface area (Å²) in [5.41, 5.74) is 8.38. The zero-order valence-electron chi connectivity index (χ0n) is 26.9. The van der Waals surface area contributed by atoms with Crippen molar-refractivity contribution in [2.75, 3.05) is 20.1 Å². The first kappa shape index (κ1) is 33.8. The Labute approximate surface area is 276 Å². The average Bonchev–Trinajstić information content (AvgIpc) is 3.50. The van der Waals surface area contributed by atoms with E-state index in [4.69, 9.17) is 5.73 Å². The van der Waals surface area contributed by atoms with Gasteiger partial charge in [0.15, 0.2) is 0 Å². The summed E-state index contributed by atoms with van der Waals surface area (Å²) in [6.07, 6.45) is 3.58. The van der Waals surface area contributed by atoms with E-state index in [2.05, 4.69) is 21.3 Å². The number of nitrogens with one attached hydrogen (secondary N) is 4. The van der Waals surface area contributed by atoms with E-state index in [-0.39, 0.29) is 48.2 Å². The molecular formula is C37H46N6O4. The van der Waals surface area contributed by atoms with E-state index < -0.39 is 18.1 Å². The lowest BCUT2D eigenvalue weighted by atomic mass is 9.90. The Balaban J connectivity index is 1.38. The van der Waals surface area contributed by atoms with E-state index in [9.17, 15) is 19.2 Å². The molecular weight excluding hydrogens is 592 g/mol. The molecule has 248 valence electrons. The summed E-state index contributed by atoms with van der Waals surface area (Å²) in [5.74, 6) is -1.24. The second-order valence-corrected chi connectivity index (χ2v) is 12.5. The standard InChI is InChI=1S/C37H46N6O4/c1-39-30(23-25-11-5-2-6-12-25)35(45)42-34-28(21-22-40-32(44)24-38)17-18-29-19-20-31(43(29)37(34)47)36(46)41-33(26-13-7-3-8-14-26)27-15-9-4-10-16-27/h2-16,28-31,33-34,39H,17-24,38H2,1H3,(H,40,44)(H,41,46)(H,42,45)/t28?,29-,30?,31-,34?/m0/s1. The van der Waals surface area contributed by atoms with Crippen molar-refractivity contribution < 1.29 is 19.2 Å². The molecule has 6 N–H and O–H groups in total. The summed E-state index contributed by atoms with van der Waals surface area (Å²) < 4.78 is 0. The molecule has 0 spiro atoms. The molecule has 0 aliphatic carbocycles. The van der Waals surface area contributed by atoms with Crippen molar-refractivity contribution >= 4 is 23.6 Å². The molecule has 0 aromatic heterocycles. The number of hydrogen-bond donors (Lipinski definition) is 5. The first-order valence-corrected chi connectivity index (χ1v) is 16.6. The van der Waals surface area contributed by atoms with Gasteiger partial charge >= 0.3 is 0 Å². The highest BCUT2D eigenvalue weighted by atomic mass is 16.2. The second kappa shape index (κ2) is 16.3. The van der Waals surface area contributed by atoms with Crippen LogP contribution in [0.2, 0.25) is 0 Å². The molecule has 5 rings (SSSR count). The highest BCUT2D eigenvalue weighted by Gasteiger charge is 2.48. The SMILES string of the molecule is CNC(Cc1ccccc1)C(=O)NC1C(=O)N2[C@@H](CCC1CCNC(=O)CN)CC[C@H]2C(=O)NC(c1ccccc1)c1ccccc1. The smallest absolute Gasteiger partial charge is 0.246 e. The Kier molecular flexibility index (Phi) is 11.8. The van der Waals surface area contributed by atoms with Crippen molar-refractivity contribution in [3.63, 3.8) is 0 Å². The first-order valence-electron chi connectivity index (χ1n) is 16.6. The number of rotatable bonds is 13. The lowest BCUT2D eigenvalue weighted by Crippen LogP contribution is -2.58. The van der Waals surface area contributed by atoms with E-state index in [0.29, 0.717) is 45.1 Å². The van der Waals surface area contributed by atoms with Crippen molar-refractivity contribution in [3.05, 3.63) is 108 Å². The van der Waals surface area contributed by atoms with Crippen LogP contribution in [0.15, 0.2) is 91.0 Å². The van der Waals surface area contributed by atoms with Gasteiger partial charge in [0, 0.05) is 12.6 Å². The fourth-order valence-electron chi connectivity index (χ4n) is 6.97. The number of likely N-dealkylation sites (N-methyl/N-ethyl adjacent to an activating group) is 1. The number of hydrogen-bond acceptors (Lipinski definition) is 6. The number of benzene rings is 3. The molecule has 10 nitrogen and oxygen atoms in total. The van der Waals surface area contributed by atoms with E-state index in [1.54, 1.807) is 11.9 Å². The van der Waals surface area contributed by atoms with Gasteiger partial charge in [-0.15, -0.1) is 0 Å². The number of amides is 4. The van der Waals surface area contributed by atoms with Crippen LogP contribution in [0.5, 0.6) is 0 Å². The molecule has 2 heterocycles. The second-order valence-electron chi connectivity index (χ2n) is 12.5. The molecule has 4 amide bonds. The molecule has 5 atom stereocenters. The Morgan fingerprint density at radius 1 is 0.851 bits per heavy atom. The monoisotopic (exact) mass is 638 g/mol. The summed E-state index contributed by atoms with van der Waals surface area (Å²) in [5, 5.41) is 12.2. The largest absolute Gasteiger partial charge is 0.355 e. The van der Waals surface area contributed by atoms with Gasteiger partial charge in [-0.05, 0) is 68.2 Å². The number of nitrogens with two attached hydrogens (primary N) is 1. The van der Waals surface area contributed by atoms with Crippen LogP contribution >= 0.6 is 0 Å². The number of carbonyl (C=O) groups excluding carboxylic acids is 4. The van der Waals surface area contributed by atoms with Crippen LogP contribution in [0, 0.1) is 5.92 Å². The molecule has 3 unspecified atom stereocenters. The molecule has 0 radical (unpaired) electrons. The van der Waals surface area contributed by atoms with E-state index in [0.717, 1.165) is 16.7 Å². The average molecular weight is 639 g/mol. The van der Waals surface area contributed by atoms with Crippen molar-refractivity contribution in [3.8, 4) is 0 Å². The fourth-order valence-corrected chi connectivity index (χ4v) is 6.97. The highest BCUT2D eigenvalue weighted by molar-refractivity contribution is 5.94. The van der Waals surface area contributed by atoms with Crippen LogP contribution in [0.3, 0.4) is 0 Å². The zero-order chi connectivity index (χ0) is 33.2. The Hall–Kier alpha value is -4.54. The minimum atomic E-state index is -0.846. The normalized spacial score (nSPS) is 21.4. The van der Waals surface area contributed by atoms with Gasteiger partial charge in [-0.2, -0.15) is 0 Å². The van der Waals surface area contributed by atoms with E-state index in [1.807, 2.05) is 91.0 Å². The molecule has 0 bridgehead atoms. The third kappa shape index (κ3) is 8.44. The van der Waals surface area contributed by atoms with Crippen molar-refractivity contribution in [2.24, 2.45) is 11.7 Å². The molecule has 10 heteroatoms. The minimum Gasteiger partial charge on any atom is -0.355 e. The molecule has 2 aliphatic rings. The molecule has 3 aromatic carbocycles. The maximum absolute atomic E-state index is 14.5.